The third kappa shape index (κ3) is 2.83. The predicted molar refractivity (Wildman–Crippen MR) is 99.1 cm³/mol. The molecule has 1 heterocycles. The highest BCUT2D eigenvalue weighted by atomic mass is 16.5. The minimum absolute atomic E-state index is 0.190. The smallest absolute Gasteiger partial charge is 0.262 e. The van der Waals surface area contributed by atoms with E-state index in [9.17, 15) is 4.79 Å². The lowest BCUT2D eigenvalue weighted by molar-refractivity contribution is 0.0962. The number of rotatable bonds is 5. The molecular formula is C20H21NO5. The lowest BCUT2D eigenvalue weighted by Crippen LogP contribution is -2.14. The SMILES string of the molecule is COc1ccc2cc(C)n(C(=O)c3cc(OC)c(OC)c(OC)c3)c2c1. The van der Waals surface area contributed by atoms with E-state index in [1.807, 2.05) is 31.2 Å². The molecule has 0 unspecified atom stereocenters. The van der Waals surface area contributed by atoms with Gasteiger partial charge in [-0.05, 0) is 37.3 Å². The van der Waals surface area contributed by atoms with Crippen molar-refractivity contribution < 1.29 is 23.7 Å². The van der Waals surface area contributed by atoms with Gasteiger partial charge < -0.3 is 18.9 Å². The molecule has 1 aromatic heterocycles. The molecule has 0 spiro atoms. The molecule has 0 N–H and O–H groups in total. The first-order valence-electron chi connectivity index (χ1n) is 8.04. The summed E-state index contributed by atoms with van der Waals surface area (Å²) in [4.78, 5) is 13.2. The summed E-state index contributed by atoms with van der Waals surface area (Å²) in [6, 6.07) is 10.9. The summed E-state index contributed by atoms with van der Waals surface area (Å²) >= 11 is 0. The number of aromatic nitrogens is 1. The van der Waals surface area contributed by atoms with Gasteiger partial charge in [0.25, 0.3) is 5.91 Å². The summed E-state index contributed by atoms with van der Waals surface area (Å²) in [5.41, 5.74) is 2.04. The molecule has 136 valence electrons. The Kier molecular flexibility index (Phi) is 4.75. The molecule has 26 heavy (non-hydrogen) atoms. The summed E-state index contributed by atoms with van der Waals surface area (Å²) in [6.07, 6.45) is 0. The second-order valence-electron chi connectivity index (χ2n) is 5.77. The van der Waals surface area contributed by atoms with E-state index in [0.717, 1.165) is 16.6 Å². The fourth-order valence-corrected chi connectivity index (χ4v) is 3.05. The van der Waals surface area contributed by atoms with Crippen molar-refractivity contribution in [3.63, 3.8) is 0 Å². The zero-order valence-electron chi connectivity index (χ0n) is 15.5. The number of methoxy groups -OCH3 is 4. The lowest BCUT2D eigenvalue weighted by Gasteiger charge is -2.15. The molecule has 2 aromatic carbocycles. The van der Waals surface area contributed by atoms with Gasteiger partial charge in [0.15, 0.2) is 11.5 Å². The normalized spacial score (nSPS) is 10.7. The van der Waals surface area contributed by atoms with Gasteiger partial charge in [0.1, 0.15) is 5.75 Å². The number of hydrogen-bond donors (Lipinski definition) is 0. The van der Waals surface area contributed by atoms with Crippen LogP contribution < -0.4 is 18.9 Å². The average molecular weight is 355 g/mol. The van der Waals surface area contributed by atoms with Gasteiger partial charge in [0.05, 0.1) is 34.0 Å². The van der Waals surface area contributed by atoms with Gasteiger partial charge in [0.2, 0.25) is 5.75 Å². The van der Waals surface area contributed by atoms with Crippen LogP contribution in [0.3, 0.4) is 0 Å². The van der Waals surface area contributed by atoms with Crippen molar-refractivity contribution in [2.45, 2.75) is 6.92 Å². The Morgan fingerprint density at radius 3 is 2.04 bits per heavy atom. The van der Waals surface area contributed by atoms with E-state index in [-0.39, 0.29) is 5.91 Å². The van der Waals surface area contributed by atoms with Crippen molar-refractivity contribution in [2.75, 3.05) is 28.4 Å². The second-order valence-corrected chi connectivity index (χ2v) is 5.77. The van der Waals surface area contributed by atoms with Crippen LogP contribution in [-0.4, -0.2) is 38.9 Å². The number of nitrogens with zero attached hydrogens (tertiary/aromatic N) is 1. The maximum atomic E-state index is 13.2. The minimum Gasteiger partial charge on any atom is -0.497 e. The maximum absolute atomic E-state index is 13.2. The van der Waals surface area contributed by atoms with E-state index in [1.165, 1.54) is 21.3 Å². The first-order valence-corrected chi connectivity index (χ1v) is 8.04. The summed E-state index contributed by atoms with van der Waals surface area (Å²) in [7, 11) is 6.17. The Morgan fingerprint density at radius 1 is 0.846 bits per heavy atom. The Hall–Kier alpha value is -3.15. The lowest BCUT2D eigenvalue weighted by atomic mass is 10.1. The summed E-state index contributed by atoms with van der Waals surface area (Å²) in [5, 5.41) is 0.962. The predicted octanol–water partition coefficient (Wildman–Crippen LogP) is 3.67. The summed E-state index contributed by atoms with van der Waals surface area (Å²) in [6.45, 7) is 1.89. The second kappa shape index (κ2) is 7.00. The summed E-state index contributed by atoms with van der Waals surface area (Å²) in [5.74, 6) is 1.81. The fourth-order valence-electron chi connectivity index (χ4n) is 3.05. The highest BCUT2D eigenvalue weighted by Gasteiger charge is 2.20. The van der Waals surface area contributed by atoms with E-state index >= 15 is 0 Å². The standard InChI is InChI=1S/C20H21NO5/c1-12-8-13-6-7-15(23-2)11-16(13)21(12)20(22)14-9-17(24-3)19(26-5)18(10-14)25-4/h6-11H,1-5H3. The van der Waals surface area contributed by atoms with Crippen molar-refractivity contribution >= 4 is 16.8 Å². The van der Waals surface area contributed by atoms with Gasteiger partial charge in [-0.25, -0.2) is 0 Å². The number of aryl methyl sites for hydroxylation is 1. The average Bonchev–Trinajstić information content (AvgIpc) is 3.00. The molecule has 3 aromatic rings. The van der Waals surface area contributed by atoms with Crippen molar-refractivity contribution in [1.29, 1.82) is 0 Å². The van der Waals surface area contributed by atoms with Crippen LogP contribution in [0.4, 0.5) is 0 Å². The molecule has 0 bridgehead atoms. The van der Waals surface area contributed by atoms with Crippen molar-refractivity contribution in [2.24, 2.45) is 0 Å². The molecule has 6 nitrogen and oxygen atoms in total. The molecule has 0 aliphatic carbocycles. The third-order valence-corrected chi connectivity index (χ3v) is 4.31. The zero-order valence-corrected chi connectivity index (χ0v) is 15.5. The molecule has 0 saturated carbocycles. The van der Waals surface area contributed by atoms with Gasteiger partial charge in [-0.15, -0.1) is 0 Å². The highest BCUT2D eigenvalue weighted by Crippen LogP contribution is 2.38. The monoisotopic (exact) mass is 355 g/mol. The molecule has 0 saturated heterocycles. The first-order chi connectivity index (χ1) is 12.5. The van der Waals surface area contributed by atoms with E-state index in [4.69, 9.17) is 18.9 Å². The quantitative estimate of drug-likeness (QED) is 0.699. The van der Waals surface area contributed by atoms with Gasteiger partial charge in [-0.3, -0.25) is 9.36 Å². The van der Waals surface area contributed by atoms with Crippen LogP contribution in [-0.2, 0) is 0 Å². The Morgan fingerprint density at radius 2 is 1.50 bits per heavy atom. The van der Waals surface area contributed by atoms with Gasteiger partial charge in [-0.2, -0.15) is 0 Å². The topological polar surface area (TPSA) is 58.9 Å². The Balaban J connectivity index is 2.18. The Bertz CT molecular complexity index is 949. The first kappa shape index (κ1) is 17.7. The van der Waals surface area contributed by atoms with Crippen molar-refractivity contribution in [1.82, 2.24) is 4.57 Å². The van der Waals surface area contributed by atoms with Crippen LogP contribution in [0.2, 0.25) is 0 Å². The van der Waals surface area contributed by atoms with E-state index in [2.05, 4.69) is 0 Å². The molecule has 3 rings (SSSR count). The van der Waals surface area contributed by atoms with Crippen molar-refractivity contribution in [3.8, 4) is 23.0 Å². The van der Waals surface area contributed by atoms with Crippen LogP contribution in [0.5, 0.6) is 23.0 Å². The maximum Gasteiger partial charge on any atom is 0.262 e. The van der Waals surface area contributed by atoms with Crippen LogP contribution in [0.15, 0.2) is 36.4 Å². The third-order valence-electron chi connectivity index (χ3n) is 4.31. The molecule has 0 aliphatic heterocycles. The van der Waals surface area contributed by atoms with Gasteiger partial charge in [-0.1, -0.05) is 0 Å². The summed E-state index contributed by atoms with van der Waals surface area (Å²) < 4.78 is 23.0. The van der Waals surface area contributed by atoms with Gasteiger partial charge >= 0.3 is 0 Å². The molecule has 0 amide bonds. The van der Waals surface area contributed by atoms with Crippen molar-refractivity contribution in [3.05, 3.63) is 47.7 Å². The van der Waals surface area contributed by atoms with E-state index in [1.54, 1.807) is 23.8 Å². The molecule has 0 atom stereocenters. The number of carbonyl (C=O) groups is 1. The molecular weight excluding hydrogens is 334 g/mol. The fraction of sp³-hybridized carbons (Fsp3) is 0.250. The number of fused-ring (bicyclic) bond motifs is 1. The van der Waals surface area contributed by atoms with Crippen LogP contribution >= 0.6 is 0 Å². The zero-order chi connectivity index (χ0) is 18.8. The van der Waals surface area contributed by atoms with Crippen LogP contribution in [0, 0.1) is 6.92 Å². The number of ether oxygens (including phenoxy) is 4. The van der Waals surface area contributed by atoms with E-state index in [0.29, 0.717) is 28.6 Å². The molecule has 0 radical (unpaired) electrons. The minimum atomic E-state index is -0.190. The molecule has 6 heteroatoms. The molecule has 0 aliphatic rings. The number of hydrogen-bond acceptors (Lipinski definition) is 5. The van der Waals surface area contributed by atoms with Gasteiger partial charge in [0, 0.05) is 22.7 Å². The van der Waals surface area contributed by atoms with Crippen LogP contribution in [0.1, 0.15) is 16.1 Å². The number of carbonyl (C=O) groups excluding carboxylic acids is 1. The largest absolute Gasteiger partial charge is 0.497 e. The number of benzene rings is 2. The highest BCUT2D eigenvalue weighted by molar-refractivity contribution is 6.04. The van der Waals surface area contributed by atoms with E-state index < -0.39 is 0 Å². The molecule has 0 fully saturated rings. The van der Waals surface area contributed by atoms with Crippen LogP contribution in [0.25, 0.3) is 10.9 Å². The Labute approximate surface area is 151 Å².